The first-order chi connectivity index (χ1) is 9.29. The normalized spacial score (nSPS) is 26.6. The van der Waals surface area contributed by atoms with Gasteiger partial charge in [0.25, 0.3) is 0 Å². The molecule has 0 aromatic carbocycles. The van der Waals surface area contributed by atoms with E-state index in [-0.39, 0.29) is 17.7 Å². The van der Waals surface area contributed by atoms with E-state index >= 15 is 0 Å². The van der Waals surface area contributed by atoms with E-state index in [0.717, 1.165) is 19.1 Å². The van der Waals surface area contributed by atoms with Gasteiger partial charge in [0.05, 0.1) is 11.1 Å². The molecule has 1 heterocycles. The van der Waals surface area contributed by atoms with Gasteiger partial charge in [-0.05, 0) is 18.8 Å². The molecule has 2 atom stereocenters. The van der Waals surface area contributed by atoms with Crippen molar-refractivity contribution in [2.45, 2.75) is 24.3 Å². The van der Waals surface area contributed by atoms with Crippen LogP contribution in [0.2, 0.25) is 0 Å². The number of carbonyl (C=O) groups excluding carboxylic acids is 1. The second kappa shape index (κ2) is 5.80. The fraction of sp³-hybridized carbons (Fsp3) is 0.818. The van der Waals surface area contributed by atoms with Crippen LogP contribution in [-0.4, -0.2) is 66.1 Å². The summed E-state index contributed by atoms with van der Waals surface area (Å²) < 4.78 is 22.1. The number of aliphatic carboxylic acids is 1. The van der Waals surface area contributed by atoms with E-state index in [2.05, 4.69) is 5.32 Å². The standard InChI is InChI=1S/C11H18N2O5S2/c1-20(17,18)5-4-12-11(16)13-8(10(14)15)6-19-9(13)7-2-3-7/h7-9H,2-6H2,1H3,(H,12,16)(H,14,15). The van der Waals surface area contributed by atoms with Crippen LogP contribution in [0.5, 0.6) is 0 Å². The van der Waals surface area contributed by atoms with E-state index in [1.54, 1.807) is 0 Å². The molecule has 9 heteroatoms. The van der Waals surface area contributed by atoms with Crippen LogP contribution in [-0.2, 0) is 14.6 Å². The monoisotopic (exact) mass is 322 g/mol. The maximum Gasteiger partial charge on any atom is 0.327 e. The van der Waals surface area contributed by atoms with Crippen LogP contribution in [0.25, 0.3) is 0 Å². The molecule has 1 aliphatic heterocycles. The maximum atomic E-state index is 12.1. The molecule has 7 nitrogen and oxygen atoms in total. The van der Waals surface area contributed by atoms with Crippen LogP contribution in [0.15, 0.2) is 0 Å². The number of carboxylic acid groups (broad SMARTS) is 1. The smallest absolute Gasteiger partial charge is 0.327 e. The average Bonchev–Trinajstić information content (AvgIpc) is 3.05. The van der Waals surface area contributed by atoms with Crippen LogP contribution < -0.4 is 5.32 Å². The molecule has 20 heavy (non-hydrogen) atoms. The van der Waals surface area contributed by atoms with E-state index in [1.165, 1.54) is 16.7 Å². The largest absolute Gasteiger partial charge is 0.480 e. The summed E-state index contributed by atoms with van der Waals surface area (Å²) in [6, 6.07) is -1.31. The third-order valence-electron chi connectivity index (χ3n) is 3.33. The number of hydrogen-bond acceptors (Lipinski definition) is 5. The van der Waals surface area contributed by atoms with Gasteiger partial charge in [-0.25, -0.2) is 18.0 Å². The van der Waals surface area contributed by atoms with Gasteiger partial charge in [0, 0.05) is 18.6 Å². The molecule has 0 bridgehead atoms. The Hall–Kier alpha value is -0.960. The summed E-state index contributed by atoms with van der Waals surface area (Å²) in [6.07, 6.45) is 3.12. The van der Waals surface area contributed by atoms with Gasteiger partial charge >= 0.3 is 12.0 Å². The molecular formula is C11H18N2O5S2. The molecule has 2 unspecified atom stereocenters. The molecule has 2 rings (SSSR count). The SMILES string of the molecule is CS(=O)(=O)CCNC(=O)N1C(C(=O)O)CSC1C1CC1. The quantitative estimate of drug-likeness (QED) is 0.737. The molecule has 2 amide bonds. The van der Waals surface area contributed by atoms with Crippen molar-refractivity contribution in [1.82, 2.24) is 10.2 Å². The van der Waals surface area contributed by atoms with Gasteiger partial charge in [-0.1, -0.05) is 0 Å². The van der Waals surface area contributed by atoms with Crippen molar-refractivity contribution in [1.29, 1.82) is 0 Å². The Morgan fingerprint density at radius 3 is 2.55 bits per heavy atom. The van der Waals surface area contributed by atoms with Crippen LogP contribution >= 0.6 is 11.8 Å². The average molecular weight is 322 g/mol. The number of carboxylic acids is 1. The fourth-order valence-electron chi connectivity index (χ4n) is 2.15. The minimum Gasteiger partial charge on any atom is -0.480 e. The molecule has 2 aliphatic rings. The molecule has 1 saturated carbocycles. The van der Waals surface area contributed by atoms with Gasteiger partial charge in [-0.3, -0.25) is 4.90 Å². The van der Waals surface area contributed by atoms with Gasteiger partial charge in [0.2, 0.25) is 0 Å². The van der Waals surface area contributed by atoms with Crippen LogP contribution in [0, 0.1) is 5.92 Å². The number of urea groups is 1. The highest BCUT2D eigenvalue weighted by Gasteiger charge is 2.48. The van der Waals surface area contributed by atoms with Crippen molar-refractivity contribution < 1.29 is 23.1 Å². The third kappa shape index (κ3) is 3.78. The van der Waals surface area contributed by atoms with Crippen LogP contribution in [0.3, 0.4) is 0 Å². The lowest BCUT2D eigenvalue weighted by Crippen LogP contribution is -2.51. The van der Waals surface area contributed by atoms with Crippen LogP contribution in [0.4, 0.5) is 4.79 Å². The molecule has 2 N–H and O–H groups in total. The summed E-state index contributed by atoms with van der Waals surface area (Å²) in [5.74, 6) is -0.411. The highest BCUT2D eigenvalue weighted by molar-refractivity contribution is 8.00. The fourth-order valence-corrected chi connectivity index (χ4v) is 4.26. The Bertz CT molecular complexity index is 503. The Kier molecular flexibility index (Phi) is 4.48. The number of nitrogens with one attached hydrogen (secondary N) is 1. The minimum atomic E-state index is -3.15. The lowest BCUT2D eigenvalue weighted by Gasteiger charge is -2.27. The highest BCUT2D eigenvalue weighted by atomic mass is 32.2. The van der Waals surface area contributed by atoms with Gasteiger partial charge in [0.1, 0.15) is 15.9 Å². The highest BCUT2D eigenvalue weighted by Crippen LogP contribution is 2.45. The number of sulfone groups is 1. The second-order valence-electron chi connectivity index (χ2n) is 5.18. The van der Waals surface area contributed by atoms with Crippen molar-refractivity contribution in [3.05, 3.63) is 0 Å². The molecule has 0 radical (unpaired) electrons. The maximum absolute atomic E-state index is 12.1. The van der Waals surface area contributed by atoms with Gasteiger partial charge < -0.3 is 10.4 Å². The molecule has 0 spiro atoms. The second-order valence-corrected chi connectivity index (χ2v) is 8.59. The number of thioether (sulfide) groups is 1. The summed E-state index contributed by atoms with van der Waals surface area (Å²) in [5.41, 5.74) is 0. The Morgan fingerprint density at radius 1 is 1.40 bits per heavy atom. The Balaban J connectivity index is 1.98. The zero-order valence-corrected chi connectivity index (χ0v) is 12.7. The van der Waals surface area contributed by atoms with Crippen molar-refractivity contribution in [3.63, 3.8) is 0 Å². The van der Waals surface area contributed by atoms with Gasteiger partial charge in [0.15, 0.2) is 0 Å². The summed E-state index contributed by atoms with van der Waals surface area (Å²) >= 11 is 1.49. The molecule has 0 aromatic heterocycles. The first kappa shape index (κ1) is 15.4. The lowest BCUT2D eigenvalue weighted by molar-refractivity contribution is -0.141. The zero-order chi connectivity index (χ0) is 14.9. The Labute approximate surface area is 122 Å². The number of rotatable bonds is 5. The van der Waals surface area contributed by atoms with Crippen molar-refractivity contribution >= 4 is 33.6 Å². The number of carbonyl (C=O) groups is 2. The topological polar surface area (TPSA) is 104 Å². The molecule has 1 saturated heterocycles. The van der Waals surface area contributed by atoms with E-state index < -0.39 is 27.9 Å². The summed E-state index contributed by atoms with van der Waals surface area (Å²) in [7, 11) is -3.15. The summed E-state index contributed by atoms with van der Waals surface area (Å²) in [4.78, 5) is 24.7. The first-order valence-corrected chi connectivity index (χ1v) is 9.49. The predicted molar refractivity (Wildman–Crippen MR) is 75.3 cm³/mol. The molecule has 2 fully saturated rings. The van der Waals surface area contributed by atoms with Crippen LogP contribution in [0.1, 0.15) is 12.8 Å². The van der Waals surface area contributed by atoms with E-state index in [9.17, 15) is 23.1 Å². The minimum absolute atomic E-state index is 0.00254. The number of hydrogen-bond donors (Lipinski definition) is 2. The van der Waals surface area contributed by atoms with E-state index in [0.29, 0.717) is 11.7 Å². The van der Waals surface area contributed by atoms with Gasteiger partial charge in [-0.15, -0.1) is 11.8 Å². The summed E-state index contributed by atoms with van der Waals surface area (Å²) in [5, 5.41) is 11.6. The zero-order valence-electron chi connectivity index (χ0n) is 11.1. The first-order valence-electron chi connectivity index (χ1n) is 6.38. The summed E-state index contributed by atoms with van der Waals surface area (Å²) in [6.45, 7) is 0.00254. The van der Waals surface area contributed by atoms with Gasteiger partial charge in [-0.2, -0.15) is 0 Å². The molecular weight excluding hydrogens is 304 g/mol. The van der Waals surface area contributed by atoms with Crippen molar-refractivity contribution in [2.75, 3.05) is 24.3 Å². The predicted octanol–water partition coefficient (Wildman–Crippen LogP) is -0.0213. The van der Waals surface area contributed by atoms with Crippen molar-refractivity contribution in [3.8, 4) is 0 Å². The lowest BCUT2D eigenvalue weighted by atomic mass is 10.2. The van der Waals surface area contributed by atoms with E-state index in [4.69, 9.17) is 0 Å². The Morgan fingerprint density at radius 2 is 2.05 bits per heavy atom. The van der Waals surface area contributed by atoms with Crippen molar-refractivity contribution in [2.24, 2.45) is 5.92 Å². The third-order valence-corrected chi connectivity index (χ3v) is 5.74. The van der Waals surface area contributed by atoms with E-state index in [1.807, 2.05) is 0 Å². The molecule has 114 valence electrons. The number of nitrogens with zero attached hydrogens (tertiary/aromatic N) is 1. The molecule has 1 aliphatic carbocycles. The number of amides is 2. The molecule has 0 aromatic rings.